The molecule has 380 valence electrons. The second kappa shape index (κ2) is 22.5. The lowest BCUT2D eigenvalue weighted by Crippen LogP contribution is -2.36. The SMILES string of the molecule is COc1cc(Cc2cc(Cl)cn(C(C(=O)O)c3cc(F)c(F)c(F)c3)c2=O)ccc1-n1cnc(C)c1.COc1cc(Cc2cc(Cl)cn(C(C(N)=O)c3cc(F)c(F)c(F)c3)c2=O)ccc1-n1cnc(C)c1.N. The van der Waals surface area contributed by atoms with Gasteiger partial charge in [0.15, 0.2) is 40.9 Å². The number of hydrogen-bond acceptors (Lipinski definition) is 9. The van der Waals surface area contributed by atoms with Gasteiger partial charge in [0.25, 0.3) is 11.1 Å². The molecule has 2 atom stereocenters. The molecule has 73 heavy (non-hydrogen) atoms. The Labute approximate surface area is 420 Å². The molecule has 1 amide bonds. The van der Waals surface area contributed by atoms with Crippen LogP contribution in [0.3, 0.4) is 0 Å². The lowest BCUT2D eigenvalue weighted by Gasteiger charge is -2.19. The summed E-state index contributed by atoms with van der Waals surface area (Å²) in [6, 6.07) is 12.2. The van der Waals surface area contributed by atoms with Crippen LogP contribution in [0.5, 0.6) is 11.5 Å². The van der Waals surface area contributed by atoms with Crippen LogP contribution in [0, 0.1) is 48.8 Å². The number of benzene rings is 4. The van der Waals surface area contributed by atoms with E-state index in [1.54, 1.807) is 58.2 Å². The number of methoxy groups -OCH3 is 2. The average Bonchev–Trinajstić information content (AvgIpc) is 3.97. The quantitative estimate of drug-likeness (QED) is 0.0695. The van der Waals surface area contributed by atoms with Crippen molar-refractivity contribution in [1.29, 1.82) is 0 Å². The smallest absolute Gasteiger partial charge is 0.331 e. The molecular weight excluding hydrogens is 1010 g/mol. The molecule has 15 nitrogen and oxygen atoms in total. The van der Waals surface area contributed by atoms with Gasteiger partial charge in [-0.1, -0.05) is 35.3 Å². The summed E-state index contributed by atoms with van der Waals surface area (Å²) in [7, 11) is 3.01. The maximum Gasteiger partial charge on any atom is 0.331 e. The van der Waals surface area contributed by atoms with Gasteiger partial charge in [0.1, 0.15) is 17.5 Å². The van der Waals surface area contributed by atoms with Gasteiger partial charge in [0, 0.05) is 48.8 Å². The normalized spacial score (nSPS) is 11.8. The van der Waals surface area contributed by atoms with E-state index in [9.17, 15) is 50.6 Å². The van der Waals surface area contributed by atoms with Crippen molar-refractivity contribution in [1.82, 2.24) is 34.4 Å². The molecule has 0 spiro atoms. The summed E-state index contributed by atoms with van der Waals surface area (Å²) in [5.74, 6) is -11.3. The Morgan fingerprint density at radius 2 is 0.986 bits per heavy atom. The van der Waals surface area contributed by atoms with E-state index in [0.717, 1.165) is 44.3 Å². The van der Waals surface area contributed by atoms with E-state index in [1.807, 2.05) is 26.2 Å². The van der Waals surface area contributed by atoms with Gasteiger partial charge in [-0.05, 0) is 96.8 Å². The Morgan fingerprint density at radius 1 is 0.616 bits per heavy atom. The Kier molecular flexibility index (Phi) is 16.7. The first-order valence-electron chi connectivity index (χ1n) is 21.2. The van der Waals surface area contributed by atoms with E-state index in [1.165, 1.54) is 26.4 Å². The van der Waals surface area contributed by atoms with Crippen molar-refractivity contribution in [3.63, 3.8) is 0 Å². The molecule has 0 saturated heterocycles. The van der Waals surface area contributed by atoms with Gasteiger partial charge < -0.3 is 35.6 Å². The summed E-state index contributed by atoms with van der Waals surface area (Å²) < 4.78 is 98.4. The number of ether oxygens (including phenoxy) is 2. The number of nitrogens with two attached hydrogens (primary N) is 1. The maximum atomic E-state index is 13.9. The fourth-order valence-electron chi connectivity index (χ4n) is 7.87. The second-order valence-corrected chi connectivity index (χ2v) is 17.0. The summed E-state index contributed by atoms with van der Waals surface area (Å²) in [6.45, 7) is 3.70. The van der Waals surface area contributed by atoms with Crippen LogP contribution in [0.15, 0.2) is 120 Å². The number of carbonyl (C=O) groups excluding carboxylic acids is 1. The number of primary amides is 1. The number of rotatable bonds is 14. The van der Waals surface area contributed by atoms with Crippen LogP contribution in [0.4, 0.5) is 26.3 Å². The number of carboxylic acids is 1. The molecule has 4 aromatic heterocycles. The predicted octanol–water partition coefficient (Wildman–Crippen LogP) is 8.94. The molecule has 0 aliphatic carbocycles. The van der Waals surface area contributed by atoms with Crippen LogP contribution in [0.25, 0.3) is 11.4 Å². The highest BCUT2D eigenvalue weighted by molar-refractivity contribution is 6.30. The van der Waals surface area contributed by atoms with Gasteiger partial charge in [0.05, 0.1) is 59.7 Å². The summed E-state index contributed by atoms with van der Waals surface area (Å²) in [6.07, 6.45) is 9.26. The first-order chi connectivity index (χ1) is 34.2. The summed E-state index contributed by atoms with van der Waals surface area (Å²) in [4.78, 5) is 59.3. The number of pyridine rings is 2. The van der Waals surface area contributed by atoms with Gasteiger partial charge >= 0.3 is 5.97 Å². The first-order valence-corrected chi connectivity index (χ1v) is 21.9. The third-order valence-corrected chi connectivity index (χ3v) is 11.5. The Balaban J connectivity index is 0.000000235. The van der Waals surface area contributed by atoms with Gasteiger partial charge in [-0.15, -0.1) is 0 Å². The maximum absolute atomic E-state index is 13.9. The molecule has 0 saturated carbocycles. The molecule has 0 aliphatic rings. The van der Waals surface area contributed by atoms with Crippen LogP contribution >= 0.6 is 23.2 Å². The van der Waals surface area contributed by atoms with Crippen LogP contribution in [0.1, 0.15) is 56.9 Å². The van der Waals surface area contributed by atoms with Crippen molar-refractivity contribution in [2.75, 3.05) is 14.2 Å². The number of carboxylic acid groups (broad SMARTS) is 1. The zero-order valence-electron chi connectivity index (χ0n) is 38.8. The number of aryl methyl sites for hydroxylation is 2. The summed E-state index contributed by atoms with van der Waals surface area (Å²) in [5, 5.41) is 9.87. The van der Waals surface area contributed by atoms with Crippen LogP contribution in [0.2, 0.25) is 10.0 Å². The highest BCUT2D eigenvalue weighted by atomic mass is 35.5. The van der Waals surface area contributed by atoms with Gasteiger partial charge in [-0.2, -0.15) is 0 Å². The van der Waals surface area contributed by atoms with E-state index < -0.39 is 75.5 Å². The molecule has 6 N–H and O–H groups in total. The molecule has 4 aromatic carbocycles. The van der Waals surface area contributed by atoms with Crippen molar-refractivity contribution in [2.45, 2.75) is 38.8 Å². The number of aliphatic carboxylic acids is 1. The molecule has 8 aromatic rings. The molecule has 2 unspecified atom stereocenters. The average molecular weight is 1050 g/mol. The summed E-state index contributed by atoms with van der Waals surface area (Å²) in [5.41, 5.74) is 8.01. The fourth-order valence-corrected chi connectivity index (χ4v) is 8.34. The Hall–Kier alpha value is -8.14. The molecular formula is C50H42Cl2F6N8O7. The molecule has 0 radical (unpaired) electrons. The first kappa shape index (κ1) is 54.2. The topological polar surface area (TPSA) is 213 Å². The summed E-state index contributed by atoms with van der Waals surface area (Å²) >= 11 is 12.4. The zero-order chi connectivity index (χ0) is 52.3. The fraction of sp³-hybridized carbons (Fsp3) is 0.160. The number of hydrogen-bond donors (Lipinski definition) is 3. The minimum Gasteiger partial charge on any atom is -0.495 e. The van der Waals surface area contributed by atoms with E-state index in [4.69, 9.17) is 38.4 Å². The molecule has 0 bridgehead atoms. The van der Waals surface area contributed by atoms with Gasteiger partial charge in [-0.3, -0.25) is 23.5 Å². The van der Waals surface area contributed by atoms with Crippen molar-refractivity contribution in [2.24, 2.45) is 5.73 Å². The largest absolute Gasteiger partial charge is 0.495 e. The zero-order valence-corrected chi connectivity index (χ0v) is 40.4. The van der Waals surface area contributed by atoms with Crippen LogP contribution < -0.4 is 32.5 Å². The number of halogens is 8. The highest BCUT2D eigenvalue weighted by Crippen LogP contribution is 2.30. The van der Waals surface area contributed by atoms with Crippen molar-refractivity contribution >= 4 is 35.1 Å². The molecule has 0 fully saturated rings. The number of imidazole rings is 2. The number of carbonyl (C=O) groups is 2. The minimum absolute atomic E-state index is 0. The number of amides is 1. The van der Waals surface area contributed by atoms with Crippen molar-refractivity contribution < 1.29 is 50.5 Å². The Morgan fingerprint density at radius 3 is 1.32 bits per heavy atom. The van der Waals surface area contributed by atoms with E-state index >= 15 is 0 Å². The van der Waals surface area contributed by atoms with Gasteiger partial charge in [-0.25, -0.2) is 41.1 Å². The predicted molar refractivity (Wildman–Crippen MR) is 258 cm³/mol. The monoisotopic (exact) mass is 1050 g/mol. The molecule has 0 aliphatic heterocycles. The molecule has 4 heterocycles. The van der Waals surface area contributed by atoms with E-state index in [-0.39, 0.29) is 45.7 Å². The third kappa shape index (κ3) is 11.8. The third-order valence-electron chi connectivity index (χ3n) is 11.1. The van der Waals surface area contributed by atoms with Crippen molar-refractivity contribution in [3.8, 4) is 22.9 Å². The van der Waals surface area contributed by atoms with Gasteiger partial charge in [0.2, 0.25) is 5.91 Å². The van der Waals surface area contributed by atoms with Crippen LogP contribution in [-0.2, 0) is 22.4 Å². The lowest BCUT2D eigenvalue weighted by molar-refractivity contribution is -0.139. The van der Waals surface area contributed by atoms with Crippen LogP contribution in [-0.4, -0.2) is 59.4 Å². The lowest BCUT2D eigenvalue weighted by atomic mass is 10.0. The standard InChI is InChI=1S/C25H20ClF3N4O3.C25H19ClF3N3O4.H3N/c1-13-10-32(12-31-13)20-4-3-14(6-21(20)36-2)5-16-7-17(26)11-33(25(16)35)23(24(30)34)15-8-18(27)22(29)19(28)9-15;1-13-10-31(12-30-13)20-4-3-14(6-21(20)36-2)5-16-7-17(26)11-32(24(16)33)23(25(34)35)15-8-18(27)22(29)19(28)9-15;/h3-4,6-12,23H,5H2,1-2H3,(H2,30,34);3-4,6-12,23H,5H2,1-2H3,(H,34,35);1H3. The number of nitrogens with zero attached hydrogens (tertiary/aromatic N) is 6. The molecule has 23 heteroatoms. The van der Waals surface area contributed by atoms with E-state index in [0.29, 0.717) is 46.9 Å². The Bertz CT molecular complexity index is 3250. The van der Waals surface area contributed by atoms with Crippen molar-refractivity contribution in [3.05, 3.63) is 221 Å². The molecule has 8 rings (SSSR count). The highest BCUT2D eigenvalue weighted by Gasteiger charge is 2.29. The number of aromatic nitrogens is 6. The van der Waals surface area contributed by atoms with E-state index in [2.05, 4.69) is 9.97 Å². The minimum atomic E-state index is -1.85. The second-order valence-electron chi connectivity index (χ2n) is 16.1.